The highest BCUT2D eigenvalue weighted by Gasteiger charge is 2.44. The van der Waals surface area contributed by atoms with Crippen LogP contribution in [0.4, 0.5) is 0 Å². The molecule has 0 bridgehead atoms. The van der Waals surface area contributed by atoms with Crippen molar-refractivity contribution in [2.75, 3.05) is 6.61 Å². The van der Waals surface area contributed by atoms with Gasteiger partial charge in [0.2, 0.25) is 0 Å². The summed E-state index contributed by atoms with van der Waals surface area (Å²) in [5.41, 5.74) is 3.26. The Morgan fingerprint density at radius 1 is 1.00 bits per heavy atom. The molecule has 25 heavy (non-hydrogen) atoms. The second-order valence-electron chi connectivity index (χ2n) is 7.64. The first kappa shape index (κ1) is 18.8. The van der Waals surface area contributed by atoms with E-state index in [0.29, 0.717) is 5.92 Å². The molecule has 1 saturated carbocycles. The standard InChI is InChI=1S/C20H30O5/c1-12-7-8-14(10-15(12)9-13-5-3-2-4-6-13)20-19(24)18(23)17(22)16(11-21)25-20/h7-8,10,13,16-24H,2-6,9,11H2,1H3/t16-,17-,18+,19-,20+/m1/s1. The summed E-state index contributed by atoms with van der Waals surface area (Å²) >= 11 is 0. The molecule has 0 spiro atoms. The largest absolute Gasteiger partial charge is 0.394 e. The van der Waals surface area contributed by atoms with Crippen LogP contribution in [-0.4, -0.2) is 51.4 Å². The zero-order chi connectivity index (χ0) is 18.0. The Morgan fingerprint density at radius 2 is 1.72 bits per heavy atom. The van der Waals surface area contributed by atoms with Gasteiger partial charge in [-0.05, 0) is 36.0 Å². The number of aliphatic hydroxyl groups excluding tert-OH is 4. The van der Waals surface area contributed by atoms with Crippen LogP contribution in [-0.2, 0) is 11.2 Å². The lowest BCUT2D eigenvalue weighted by atomic mass is 9.83. The zero-order valence-electron chi connectivity index (χ0n) is 14.8. The first-order valence-corrected chi connectivity index (χ1v) is 9.41. The van der Waals surface area contributed by atoms with E-state index >= 15 is 0 Å². The van der Waals surface area contributed by atoms with Crippen LogP contribution in [0.15, 0.2) is 18.2 Å². The molecule has 0 aromatic heterocycles. The summed E-state index contributed by atoms with van der Waals surface area (Å²) in [6.07, 6.45) is 2.01. The fraction of sp³-hybridized carbons (Fsp3) is 0.700. The van der Waals surface area contributed by atoms with Crippen LogP contribution in [0.5, 0.6) is 0 Å². The second-order valence-corrected chi connectivity index (χ2v) is 7.64. The maximum Gasteiger partial charge on any atom is 0.113 e. The van der Waals surface area contributed by atoms with Crippen molar-refractivity contribution >= 4 is 0 Å². The van der Waals surface area contributed by atoms with Gasteiger partial charge in [-0.3, -0.25) is 0 Å². The van der Waals surface area contributed by atoms with E-state index in [4.69, 9.17) is 4.74 Å². The number of aryl methyl sites for hydroxylation is 1. The van der Waals surface area contributed by atoms with Crippen LogP contribution >= 0.6 is 0 Å². The molecule has 1 aromatic carbocycles. The van der Waals surface area contributed by atoms with Crippen molar-refractivity contribution in [2.45, 2.75) is 76.0 Å². The van der Waals surface area contributed by atoms with Crippen LogP contribution < -0.4 is 0 Å². The van der Waals surface area contributed by atoms with Gasteiger partial charge in [0.1, 0.15) is 30.5 Å². The summed E-state index contributed by atoms with van der Waals surface area (Å²) in [5.74, 6) is 0.706. The predicted octanol–water partition coefficient (Wildman–Crippen LogP) is 1.63. The Bertz CT molecular complexity index is 567. The summed E-state index contributed by atoms with van der Waals surface area (Å²) < 4.78 is 5.69. The SMILES string of the molecule is Cc1ccc([C@@H]2O[C@H](CO)[C@@H](O)[C@H](O)[C@H]2O)cc1CC1CCCCC1. The van der Waals surface area contributed by atoms with Crippen LogP contribution in [0.1, 0.15) is 54.9 Å². The minimum Gasteiger partial charge on any atom is -0.394 e. The molecule has 0 amide bonds. The molecule has 4 N–H and O–H groups in total. The highest BCUT2D eigenvalue weighted by atomic mass is 16.5. The van der Waals surface area contributed by atoms with Gasteiger partial charge in [0, 0.05) is 0 Å². The molecular weight excluding hydrogens is 320 g/mol. The molecule has 1 saturated heterocycles. The van der Waals surface area contributed by atoms with E-state index in [2.05, 4.69) is 13.0 Å². The van der Waals surface area contributed by atoms with Crippen LogP contribution in [0.2, 0.25) is 0 Å². The maximum absolute atomic E-state index is 10.3. The number of benzene rings is 1. The first-order chi connectivity index (χ1) is 12.0. The molecule has 2 fully saturated rings. The molecule has 1 aliphatic carbocycles. The van der Waals surface area contributed by atoms with Gasteiger partial charge >= 0.3 is 0 Å². The molecule has 1 heterocycles. The van der Waals surface area contributed by atoms with Crippen LogP contribution in [0, 0.1) is 12.8 Å². The maximum atomic E-state index is 10.3. The molecule has 140 valence electrons. The average molecular weight is 350 g/mol. The number of hydrogen-bond acceptors (Lipinski definition) is 5. The van der Waals surface area contributed by atoms with Crippen molar-refractivity contribution in [3.8, 4) is 0 Å². The molecule has 1 aromatic rings. The van der Waals surface area contributed by atoms with Gasteiger partial charge in [-0.1, -0.05) is 50.3 Å². The van der Waals surface area contributed by atoms with Crippen molar-refractivity contribution in [3.05, 3.63) is 34.9 Å². The normalized spacial score (nSPS) is 34.2. The van der Waals surface area contributed by atoms with Crippen LogP contribution in [0.25, 0.3) is 0 Å². The first-order valence-electron chi connectivity index (χ1n) is 9.41. The topological polar surface area (TPSA) is 90.2 Å². The van der Waals surface area contributed by atoms with E-state index in [9.17, 15) is 20.4 Å². The Labute approximate surface area is 149 Å². The summed E-state index contributed by atoms with van der Waals surface area (Å²) in [4.78, 5) is 0. The zero-order valence-corrected chi connectivity index (χ0v) is 14.8. The smallest absolute Gasteiger partial charge is 0.113 e. The highest BCUT2D eigenvalue weighted by molar-refractivity contribution is 5.33. The quantitative estimate of drug-likeness (QED) is 0.663. The molecule has 3 rings (SSSR count). The van der Waals surface area contributed by atoms with Crippen molar-refractivity contribution in [3.63, 3.8) is 0 Å². The van der Waals surface area contributed by atoms with Gasteiger partial charge in [-0.15, -0.1) is 0 Å². The van der Waals surface area contributed by atoms with E-state index in [-0.39, 0.29) is 0 Å². The van der Waals surface area contributed by atoms with Crippen molar-refractivity contribution in [2.24, 2.45) is 5.92 Å². The summed E-state index contributed by atoms with van der Waals surface area (Å²) in [7, 11) is 0. The van der Waals surface area contributed by atoms with E-state index in [1.54, 1.807) is 0 Å². The lowest BCUT2D eigenvalue weighted by Gasteiger charge is -2.40. The molecule has 1 aliphatic heterocycles. The molecular formula is C20H30O5. The van der Waals surface area contributed by atoms with Gasteiger partial charge in [0.15, 0.2) is 0 Å². The van der Waals surface area contributed by atoms with E-state index in [0.717, 1.165) is 12.0 Å². The Kier molecular flexibility index (Phi) is 6.12. The van der Waals surface area contributed by atoms with Crippen LogP contribution in [0.3, 0.4) is 0 Å². The van der Waals surface area contributed by atoms with Gasteiger partial charge in [0.05, 0.1) is 6.61 Å². The summed E-state index contributed by atoms with van der Waals surface area (Å²) in [5, 5.41) is 39.7. The third-order valence-electron chi connectivity index (χ3n) is 5.83. The molecule has 0 unspecified atom stereocenters. The van der Waals surface area contributed by atoms with E-state index in [1.165, 1.54) is 43.2 Å². The third-order valence-corrected chi connectivity index (χ3v) is 5.83. The van der Waals surface area contributed by atoms with Gasteiger partial charge < -0.3 is 25.2 Å². The Hall–Kier alpha value is -0.980. The number of hydrogen-bond donors (Lipinski definition) is 4. The Balaban J connectivity index is 1.80. The van der Waals surface area contributed by atoms with Crippen molar-refractivity contribution in [1.29, 1.82) is 0 Å². The molecule has 2 aliphatic rings. The average Bonchev–Trinajstić information content (AvgIpc) is 2.63. The molecule has 5 atom stereocenters. The van der Waals surface area contributed by atoms with Gasteiger partial charge in [-0.25, -0.2) is 0 Å². The number of ether oxygens (including phenoxy) is 1. The number of aliphatic hydroxyl groups is 4. The highest BCUT2D eigenvalue weighted by Crippen LogP contribution is 2.34. The van der Waals surface area contributed by atoms with Gasteiger partial charge in [0.25, 0.3) is 0 Å². The fourth-order valence-corrected chi connectivity index (χ4v) is 4.17. The van der Waals surface area contributed by atoms with E-state index < -0.39 is 37.1 Å². The van der Waals surface area contributed by atoms with Gasteiger partial charge in [-0.2, -0.15) is 0 Å². The molecule has 5 nitrogen and oxygen atoms in total. The molecule has 5 heteroatoms. The lowest BCUT2D eigenvalue weighted by Crippen LogP contribution is -2.55. The lowest BCUT2D eigenvalue weighted by molar-refractivity contribution is -0.231. The minimum absolute atomic E-state index is 0.401. The summed E-state index contributed by atoms with van der Waals surface area (Å²) in [6, 6.07) is 5.97. The summed E-state index contributed by atoms with van der Waals surface area (Å²) in [6.45, 7) is 1.69. The fourth-order valence-electron chi connectivity index (χ4n) is 4.17. The monoisotopic (exact) mass is 350 g/mol. The third kappa shape index (κ3) is 4.07. The van der Waals surface area contributed by atoms with Crippen molar-refractivity contribution < 1.29 is 25.2 Å². The number of rotatable bonds is 4. The minimum atomic E-state index is -1.33. The predicted molar refractivity (Wildman–Crippen MR) is 94.2 cm³/mol. The Morgan fingerprint density at radius 3 is 2.40 bits per heavy atom. The molecule has 0 radical (unpaired) electrons. The van der Waals surface area contributed by atoms with E-state index in [1.807, 2.05) is 12.1 Å². The van der Waals surface area contributed by atoms with Crippen molar-refractivity contribution in [1.82, 2.24) is 0 Å². The second kappa shape index (κ2) is 8.14.